The smallest absolute Gasteiger partial charge is 0.240 e. The first-order chi connectivity index (χ1) is 23.2. The molecule has 0 aromatic rings. The molecule has 0 spiro atoms. The molecule has 0 aliphatic heterocycles. The molecule has 0 aromatic carbocycles. The van der Waals surface area contributed by atoms with E-state index in [1.807, 2.05) is 0 Å². The molecule has 0 heterocycles. The number of hydrogen-bond donors (Lipinski definition) is 2. The molecule has 0 rings (SSSR count). The summed E-state index contributed by atoms with van der Waals surface area (Å²) in [5.41, 5.74) is 5.17. The number of carbonyl (C=O) groups is 2. The maximum absolute atomic E-state index is 11.9. The number of unbranched alkanes of at least 4 members (excludes halogenated alkanes) is 30. The zero-order valence-corrected chi connectivity index (χ0v) is 31.6. The van der Waals surface area contributed by atoms with Gasteiger partial charge < -0.3 is 0 Å². The van der Waals surface area contributed by atoms with Crippen molar-refractivity contribution >= 4 is 24.2 Å². The Bertz CT molecular complexity index is 652. The van der Waals surface area contributed by atoms with Gasteiger partial charge >= 0.3 is 0 Å². The van der Waals surface area contributed by atoms with Crippen LogP contribution < -0.4 is 10.9 Å². The van der Waals surface area contributed by atoms with Gasteiger partial charge in [0.05, 0.1) is 0 Å². The number of hydrazone groups is 2. The number of nitrogens with zero attached hydrogens (tertiary/aromatic N) is 2. The minimum atomic E-state index is -0.137. The fourth-order valence-corrected chi connectivity index (χ4v) is 6.10. The topological polar surface area (TPSA) is 82.9 Å². The third-order valence-electron chi connectivity index (χ3n) is 9.24. The van der Waals surface area contributed by atoms with E-state index >= 15 is 0 Å². The fraction of sp³-hybridized carbons (Fsp3) is 0.902. The van der Waals surface area contributed by atoms with Crippen molar-refractivity contribution in [2.75, 3.05) is 0 Å². The minimum Gasteiger partial charge on any atom is -0.273 e. The molecule has 0 saturated carbocycles. The lowest BCUT2D eigenvalue weighted by atomic mass is 10.0. The van der Waals surface area contributed by atoms with E-state index in [-0.39, 0.29) is 11.8 Å². The van der Waals surface area contributed by atoms with E-state index in [9.17, 15) is 9.59 Å². The summed E-state index contributed by atoms with van der Waals surface area (Å²) in [5.74, 6) is -0.274. The van der Waals surface area contributed by atoms with Gasteiger partial charge in [-0.15, -0.1) is 0 Å². The third kappa shape index (κ3) is 40.4. The van der Waals surface area contributed by atoms with Crippen LogP contribution in [0.15, 0.2) is 10.2 Å². The van der Waals surface area contributed by atoms with Crippen LogP contribution in [0.5, 0.6) is 0 Å². The van der Waals surface area contributed by atoms with Crippen LogP contribution in [0, 0.1) is 0 Å². The highest BCUT2D eigenvalue weighted by atomic mass is 16.2. The summed E-state index contributed by atoms with van der Waals surface area (Å²) in [7, 11) is 0. The molecule has 0 aromatic heterocycles. The van der Waals surface area contributed by atoms with Crippen LogP contribution >= 0.6 is 0 Å². The summed E-state index contributed by atoms with van der Waals surface area (Å²) >= 11 is 0. The quantitative estimate of drug-likeness (QED) is 0.0392. The van der Waals surface area contributed by atoms with Crippen molar-refractivity contribution in [2.24, 2.45) is 10.2 Å². The Morgan fingerprint density at radius 2 is 0.596 bits per heavy atom. The average Bonchev–Trinajstić information content (AvgIpc) is 3.07. The van der Waals surface area contributed by atoms with Crippen molar-refractivity contribution in [3.63, 3.8) is 0 Å². The van der Waals surface area contributed by atoms with E-state index in [4.69, 9.17) is 0 Å². The zero-order chi connectivity index (χ0) is 34.1. The molecule has 0 radical (unpaired) electrons. The molecule has 0 aliphatic rings. The van der Waals surface area contributed by atoms with Crippen LogP contribution in [0.3, 0.4) is 0 Å². The first-order valence-corrected chi connectivity index (χ1v) is 20.8. The summed E-state index contributed by atoms with van der Waals surface area (Å²) < 4.78 is 0. The molecular weight excluding hydrogens is 580 g/mol. The zero-order valence-electron chi connectivity index (χ0n) is 31.6. The van der Waals surface area contributed by atoms with Crippen LogP contribution in [0.4, 0.5) is 0 Å². The van der Waals surface area contributed by atoms with Gasteiger partial charge in [-0.2, -0.15) is 10.2 Å². The van der Waals surface area contributed by atoms with Crippen LogP contribution in [0.1, 0.15) is 239 Å². The fourth-order valence-electron chi connectivity index (χ4n) is 6.10. The predicted molar refractivity (Wildman–Crippen MR) is 206 cm³/mol. The lowest BCUT2D eigenvalue weighted by Gasteiger charge is -2.03. The van der Waals surface area contributed by atoms with Gasteiger partial charge in [0, 0.05) is 25.3 Å². The van der Waals surface area contributed by atoms with Crippen molar-refractivity contribution < 1.29 is 9.59 Å². The van der Waals surface area contributed by atoms with Gasteiger partial charge in [-0.25, -0.2) is 10.9 Å². The third-order valence-corrected chi connectivity index (χ3v) is 9.24. The van der Waals surface area contributed by atoms with Gasteiger partial charge in [0.15, 0.2) is 0 Å². The highest BCUT2D eigenvalue weighted by Crippen LogP contribution is 2.15. The second-order valence-electron chi connectivity index (χ2n) is 14.0. The number of nitrogens with one attached hydrogen (secondary N) is 2. The molecule has 0 saturated heterocycles. The van der Waals surface area contributed by atoms with Crippen LogP contribution in [0.25, 0.3) is 0 Å². The van der Waals surface area contributed by atoms with Gasteiger partial charge in [0.2, 0.25) is 11.8 Å². The molecule has 0 bridgehead atoms. The van der Waals surface area contributed by atoms with E-state index in [1.165, 1.54) is 180 Å². The van der Waals surface area contributed by atoms with E-state index in [2.05, 4.69) is 34.9 Å². The number of amides is 2. The molecule has 276 valence electrons. The van der Waals surface area contributed by atoms with Crippen molar-refractivity contribution in [1.29, 1.82) is 0 Å². The van der Waals surface area contributed by atoms with Crippen molar-refractivity contribution in [3.8, 4) is 0 Å². The molecule has 0 aliphatic carbocycles. The number of hydrogen-bond acceptors (Lipinski definition) is 4. The molecule has 6 nitrogen and oxygen atoms in total. The van der Waals surface area contributed by atoms with Crippen LogP contribution in [0.2, 0.25) is 0 Å². The van der Waals surface area contributed by atoms with Crippen LogP contribution in [-0.2, 0) is 9.59 Å². The lowest BCUT2D eigenvalue weighted by molar-refractivity contribution is -0.122. The summed E-state index contributed by atoms with van der Waals surface area (Å²) in [6.07, 6.45) is 47.4. The standard InChI is InChI=1S/C41H80N4O2/c1-3-5-7-9-11-13-15-17-19-21-23-25-27-29-31-33-38-42-44-40(46)36-35-37-41(47)45-43-39-34-32-30-28-26-24-22-20-18-16-14-12-10-8-6-4-2/h38-39H,3-37H2,1-2H3,(H,44,46)(H,45,47)/b42-38+,43-39+. The average molecular weight is 661 g/mol. The Morgan fingerprint density at radius 1 is 0.362 bits per heavy atom. The maximum Gasteiger partial charge on any atom is 0.240 e. The van der Waals surface area contributed by atoms with E-state index in [0.29, 0.717) is 19.3 Å². The Kier molecular flexibility index (Phi) is 39.0. The largest absolute Gasteiger partial charge is 0.273 e. The minimum absolute atomic E-state index is 0.137. The summed E-state index contributed by atoms with van der Waals surface area (Å²) in [6, 6.07) is 0. The lowest BCUT2D eigenvalue weighted by Crippen LogP contribution is -2.20. The van der Waals surface area contributed by atoms with E-state index in [0.717, 1.165) is 25.7 Å². The Hall–Kier alpha value is -1.72. The summed E-state index contributed by atoms with van der Waals surface area (Å²) in [4.78, 5) is 23.9. The maximum atomic E-state index is 11.9. The second kappa shape index (κ2) is 40.5. The first kappa shape index (κ1) is 45.3. The predicted octanol–water partition coefficient (Wildman–Crippen LogP) is 12.9. The van der Waals surface area contributed by atoms with Crippen LogP contribution in [-0.4, -0.2) is 24.2 Å². The molecular formula is C41H80N4O2. The SMILES string of the molecule is CCCCCCCCCCCCCCCCC/C=N/NC(=O)CCCC(=O)N/N=C/CCCCCCCCCCCCCCCCC. The molecule has 6 heteroatoms. The van der Waals surface area contributed by atoms with Crippen molar-refractivity contribution in [2.45, 2.75) is 239 Å². The monoisotopic (exact) mass is 661 g/mol. The van der Waals surface area contributed by atoms with Gasteiger partial charge in [0.25, 0.3) is 0 Å². The number of rotatable bonds is 38. The molecule has 47 heavy (non-hydrogen) atoms. The summed E-state index contributed by atoms with van der Waals surface area (Å²) in [5, 5.41) is 8.11. The Morgan fingerprint density at radius 3 is 0.851 bits per heavy atom. The Labute approximate surface area is 292 Å². The molecule has 0 atom stereocenters. The first-order valence-electron chi connectivity index (χ1n) is 20.8. The Balaban J connectivity index is 3.36. The highest BCUT2D eigenvalue weighted by Gasteiger charge is 2.04. The normalized spacial score (nSPS) is 11.6. The van der Waals surface area contributed by atoms with E-state index in [1.54, 1.807) is 12.4 Å². The number of carbonyl (C=O) groups excluding carboxylic acids is 2. The molecule has 2 N–H and O–H groups in total. The van der Waals surface area contributed by atoms with Gasteiger partial charge in [-0.3, -0.25) is 9.59 Å². The molecule has 0 unspecified atom stereocenters. The van der Waals surface area contributed by atoms with Gasteiger partial charge in [-0.1, -0.05) is 194 Å². The van der Waals surface area contributed by atoms with E-state index < -0.39 is 0 Å². The highest BCUT2D eigenvalue weighted by molar-refractivity contribution is 5.79. The van der Waals surface area contributed by atoms with Crippen molar-refractivity contribution in [3.05, 3.63) is 0 Å². The van der Waals surface area contributed by atoms with Crippen molar-refractivity contribution in [1.82, 2.24) is 10.9 Å². The molecule has 0 fully saturated rings. The van der Waals surface area contributed by atoms with Gasteiger partial charge in [-0.05, 0) is 32.1 Å². The second-order valence-corrected chi connectivity index (χ2v) is 14.0. The summed E-state index contributed by atoms with van der Waals surface area (Å²) in [6.45, 7) is 4.56. The molecule has 2 amide bonds. The van der Waals surface area contributed by atoms with Gasteiger partial charge in [0.1, 0.15) is 0 Å².